The zero-order valence-corrected chi connectivity index (χ0v) is 18.4. The van der Waals surface area contributed by atoms with E-state index in [9.17, 15) is 4.57 Å². The summed E-state index contributed by atoms with van der Waals surface area (Å²) in [6, 6.07) is 0. The van der Waals surface area contributed by atoms with E-state index in [2.05, 4.69) is 4.90 Å². The monoisotopic (exact) mass is 427 g/mol. The first kappa shape index (κ1) is 25.9. The lowest BCUT2D eigenvalue weighted by Crippen LogP contribution is -2.34. The van der Waals surface area contributed by atoms with Gasteiger partial charge in [0.05, 0.1) is 85.4 Å². The first-order valence-corrected chi connectivity index (χ1v) is 11.9. The lowest BCUT2D eigenvalue weighted by Gasteiger charge is -2.25. The molecule has 1 aliphatic heterocycles. The van der Waals surface area contributed by atoms with Gasteiger partial charge in [-0.1, -0.05) is 0 Å². The lowest BCUT2D eigenvalue weighted by atomic mass is 10.4. The molecule has 10 heteroatoms. The van der Waals surface area contributed by atoms with Crippen molar-refractivity contribution in [3.63, 3.8) is 0 Å². The molecule has 168 valence electrons. The maximum atomic E-state index is 12.7. The van der Waals surface area contributed by atoms with Crippen LogP contribution < -0.4 is 0 Å². The van der Waals surface area contributed by atoms with E-state index in [1.54, 1.807) is 0 Å². The van der Waals surface area contributed by atoms with Crippen molar-refractivity contribution in [3.05, 3.63) is 0 Å². The second kappa shape index (κ2) is 17.7. The van der Waals surface area contributed by atoms with Crippen molar-refractivity contribution in [1.29, 1.82) is 0 Å². The molecule has 1 heterocycles. The maximum Gasteiger partial charge on any atom is 0.331 e. The Labute approximate surface area is 169 Å². The molecule has 0 N–H and O–H groups in total. The predicted octanol–water partition coefficient (Wildman–Crippen LogP) is 1.65. The first-order chi connectivity index (χ1) is 13.7. The van der Waals surface area contributed by atoms with Crippen LogP contribution in [-0.2, 0) is 37.3 Å². The van der Waals surface area contributed by atoms with E-state index in [0.29, 0.717) is 105 Å². The van der Waals surface area contributed by atoms with Crippen LogP contribution in [-0.4, -0.2) is 110 Å². The summed E-state index contributed by atoms with van der Waals surface area (Å²) in [4.78, 5) is 2.16. The maximum absolute atomic E-state index is 12.7. The minimum atomic E-state index is -3.05. The average Bonchev–Trinajstić information content (AvgIpc) is 2.67. The summed E-state index contributed by atoms with van der Waals surface area (Å²) in [6.45, 7) is 11.8. The highest BCUT2D eigenvalue weighted by atomic mass is 31.2. The smallest absolute Gasteiger partial charge is 0.331 e. The average molecular weight is 427 g/mol. The highest BCUT2D eigenvalue weighted by molar-refractivity contribution is 7.53. The van der Waals surface area contributed by atoms with Gasteiger partial charge in [0.15, 0.2) is 0 Å². The van der Waals surface area contributed by atoms with Crippen molar-refractivity contribution in [3.8, 4) is 0 Å². The summed E-state index contributed by atoms with van der Waals surface area (Å²) in [5.41, 5.74) is 0. The van der Waals surface area contributed by atoms with Crippen molar-refractivity contribution in [2.75, 3.05) is 105 Å². The normalized spacial score (nSPS) is 21.1. The topological polar surface area (TPSA) is 84.9 Å². The second-order valence-electron chi connectivity index (χ2n) is 6.07. The van der Waals surface area contributed by atoms with Crippen molar-refractivity contribution in [1.82, 2.24) is 4.90 Å². The molecule has 0 saturated carbocycles. The van der Waals surface area contributed by atoms with Crippen LogP contribution in [0, 0.1) is 0 Å². The van der Waals surface area contributed by atoms with Crippen LogP contribution >= 0.6 is 7.60 Å². The quantitative estimate of drug-likeness (QED) is 0.563. The van der Waals surface area contributed by atoms with Crippen LogP contribution in [0.15, 0.2) is 0 Å². The van der Waals surface area contributed by atoms with Gasteiger partial charge in [-0.05, 0) is 13.8 Å². The summed E-state index contributed by atoms with van der Waals surface area (Å²) in [5.74, 6) is 0. The van der Waals surface area contributed by atoms with E-state index in [1.807, 2.05) is 13.8 Å². The molecule has 0 bridgehead atoms. The van der Waals surface area contributed by atoms with Crippen LogP contribution in [0.2, 0.25) is 0 Å². The summed E-state index contributed by atoms with van der Waals surface area (Å²) < 4.78 is 51.0. The van der Waals surface area contributed by atoms with Crippen LogP contribution in [0.4, 0.5) is 0 Å². The summed E-state index contributed by atoms with van der Waals surface area (Å²) in [5, 5.41) is 0. The number of rotatable bonds is 7. The van der Waals surface area contributed by atoms with Gasteiger partial charge < -0.3 is 32.7 Å². The van der Waals surface area contributed by atoms with Crippen molar-refractivity contribution >= 4 is 7.60 Å². The van der Waals surface area contributed by atoms with E-state index in [1.165, 1.54) is 0 Å². The molecule has 1 aliphatic rings. The number of nitrogens with zero attached hydrogens (tertiary/aromatic N) is 1. The number of hydrogen-bond acceptors (Lipinski definition) is 9. The Hall–Kier alpha value is -0.0900. The van der Waals surface area contributed by atoms with Gasteiger partial charge >= 0.3 is 7.60 Å². The van der Waals surface area contributed by atoms with Gasteiger partial charge in [0.25, 0.3) is 0 Å². The summed E-state index contributed by atoms with van der Waals surface area (Å²) in [7, 11) is -3.05. The van der Waals surface area contributed by atoms with Crippen LogP contribution in [0.3, 0.4) is 0 Å². The fourth-order valence-corrected chi connectivity index (χ4v) is 4.18. The van der Waals surface area contributed by atoms with E-state index < -0.39 is 7.60 Å². The fraction of sp³-hybridized carbons (Fsp3) is 1.00. The summed E-state index contributed by atoms with van der Waals surface area (Å²) in [6.07, 6.45) is 0.348. The molecule has 0 aromatic heterocycles. The minimum absolute atomic E-state index is 0.348. The predicted molar refractivity (Wildman–Crippen MR) is 106 cm³/mol. The van der Waals surface area contributed by atoms with Crippen molar-refractivity contribution in [2.45, 2.75) is 13.8 Å². The van der Waals surface area contributed by atoms with E-state index in [-0.39, 0.29) is 0 Å². The van der Waals surface area contributed by atoms with E-state index in [4.69, 9.17) is 32.7 Å². The Bertz CT molecular complexity index is 374. The van der Waals surface area contributed by atoms with Crippen LogP contribution in [0.25, 0.3) is 0 Å². The number of ether oxygens (including phenoxy) is 5. The van der Waals surface area contributed by atoms with Gasteiger partial charge in [-0.15, -0.1) is 0 Å². The molecule has 0 aliphatic carbocycles. The molecule has 28 heavy (non-hydrogen) atoms. The van der Waals surface area contributed by atoms with Gasteiger partial charge in [-0.3, -0.25) is 9.46 Å². The zero-order valence-electron chi connectivity index (χ0n) is 17.5. The molecule has 9 nitrogen and oxygen atoms in total. The Morgan fingerprint density at radius 3 is 1.39 bits per heavy atom. The lowest BCUT2D eigenvalue weighted by molar-refractivity contribution is -0.0182. The van der Waals surface area contributed by atoms with Gasteiger partial charge in [0.2, 0.25) is 0 Å². The first-order valence-electron chi connectivity index (χ1n) is 10.2. The van der Waals surface area contributed by atoms with Gasteiger partial charge in [0, 0.05) is 19.6 Å². The Morgan fingerprint density at radius 2 is 1.04 bits per heavy atom. The molecule has 1 rings (SSSR count). The molecule has 0 aromatic carbocycles. The van der Waals surface area contributed by atoms with Crippen molar-refractivity contribution in [2.24, 2.45) is 0 Å². The molecule has 0 unspecified atom stereocenters. The fourth-order valence-electron chi connectivity index (χ4n) is 2.53. The molecular weight excluding hydrogens is 389 g/mol. The second-order valence-corrected chi connectivity index (χ2v) is 8.26. The highest BCUT2D eigenvalue weighted by Crippen LogP contribution is 2.47. The Kier molecular flexibility index (Phi) is 16.4. The number of hydrogen-bond donors (Lipinski definition) is 0. The van der Waals surface area contributed by atoms with Crippen LogP contribution in [0.1, 0.15) is 13.8 Å². The van der Waals surface area contributed by atoms with Gasteiger partial charge in [0.1, 0.15) is 0 Å². The largest absolute Gasteiger partial charge is 0.378 e. The molecule has 0 aromatic rings. The standard InChI is InChI=1S/C18H38NO8P/c1-3-26-28(20,27-4-2)18-7-19-5-8-21-10-12-23-14-16-25-17-15-24-13-11-22-9-6-19/h3-18H2,1-2H3. The third kappa shape index (κ3) is 14.0. The van der Waals surface area contributed by atoms with E-state index >= 15 is 0 Å². The Morgan fingerprint density at radius 1 is 0.679 bits per heavy atom. The molecule has 1 fully saturated rings. The zero-order chi connectivity index (χ0) is 20.3. The molecule has 0 atom stereocenters. The van der Waals surface area contributed by atoms with Crippen LogP contribution in [0.5, 0.6) is 0 Å². The highest BCUT2D eigenvalue weighted by Gasteiger charge is 2.24. The molecule has 1 saturated heterocycles. The molecular formula is C18H38NO8P. The van der Waals surface area contributed by atoms with Gasteiger partial charge in [-0.25, -0.2) is 0 Å². The summed E-state index contributed by atoms with van der Waals surface area (Å²) >= 11 is 0. The third-order valence-electron chi connectivity index (χ3n) is 3.93. The SMILES string of the molecule is CCOP(=O)(CCN1CCOCCOCCOCCOCCOCC1)OCC. The third-order valence-corrected chi connectivity index (χ3v) is 5.98. The molecule has 0 spiro atoms. The minimum Gasteiger partial charge on any atom is -0.378 e. The molecule has 0 amide bonds. The Balaban J connectivity index is 2.43. The van der Waals surface area contributed by atoms with Gasteiger partial charge in [-0.2, -0.15) is 0 Å². The molecule has 0 radical (unpaired) electrons. The van der Waals surface area contributed by atoms with Crippen molar-refractivity contribution < 1.29 is 37.3 Å². The van der Waals surface area contributed by atoms with E-state index in [0.717, 1.165) is 0 Å².